The van der Waals surface area contributed by atoms with Gasteiger partial charge in [0.1, 0.15) is 11.6 Å². The molecule has 1 rings (SSSR count). The van der Waals surface area contributed by atoms with Gasteiger partial charge in [-0.25, -0.2) is 4.79 Å². The second-order valence-corrected chi connectivity index (χ2v) is 3.96. The van der Waals surface area contributed by atoms with E-state index in [1.807, 2.05) is 0 Å². The zero-order valence-electron chi connectivity index (χ0n) is 9.59. The number of hydrogen-bond donors (Lipinski definition) is 1. The normalized spacial score (nSPS) is 14.8. The lowest BCUT2D eigenvalue weighted by molar-refractivity contribution is -0.180. The first-order valence-electron chi connectivity index (χ1n) is 5.37. The van der Waals surface area contributed by atoms with Crippen molar-refractivity contribution in [2.24, 2.45) is 0 Å². The van der Waals surface area contributed by atoms with Crippen molar-refractivity contribution in [3.63, 3.8) is 0 Å². The molecule has 1 fully saturated rings. The summed E-state index contributed by atoms with van der Waals surface area (Å²) in [6, 6.07) is 0. The summed E-state index contributed by atoms with van der Waals surface area (Å²) in [4.78, 5) is 38.6. The third-order valence-electron chi connectivity index (χ3n) is 2.09. The molecule has 1 aliphatic heterocycles. The van der Waals surface area contributed by atoms with Crippen LogP contribution < -0.4 is 0 Å². The van der Waals surface area contributed by atoms with Crippen LogP contribution in [0.2, 0.25) is 0 Å². The Kier molecular flexibility index (Phi) is 5.66. The molecule has 1 aliphatic rings. The lowest BCUT2D eigenvalue weighted by atomic mass is 10.3. The van der Waals surface area contributed by atoms with E-state index in [1.165, 1.54) is 0 Å². The summed E-state index contributed by atoms with van der Waals surface area (Å²) in [5.74, 6) is -1.71. The molecular weight excluding hydrogens is 262 g/mol. The van der Waals surface area contributed by atoms with Gasteiger partial charge in [-0.15, -0.1) is 5.06 Å². The summed E-state index contributed by atoms with van der Waals surface area (Å²) >= 11 is 4.84. The number of aliphatic hydroxyl groups is 1. The fraction of sp³-hybridized carbons (Fsp3) is 0.600. The summed E-state index contributed by atoms with van der Waals surface area (Å²) in [7, 11) is 0. The van der Waals surface area contributed by atoms with Crippen LogP contribution in [0.1, 0.15) is 25.7 Å². The van der Waals surface area contributed by atoms with Gasteiger partial charge in [-0.2, -0.15) is 0 Å². The van der Waals surface area contributed by atoms with Gasteiger partial charge in [0.05, 0.1) is 19.4 Å². The number of rotatable bonds is 6. The topological polar surface area (TPSA) is 93.1 Å². The van der Waals surface area contributed by atoms with Gasteiger partial charge in [0.2, 0.25) is 0 Å². The number of hydrogen-bond acceptors (Lipinski definition) is 7. The molecule has 8 heteroatoms. The summed E-state index contributed by atoms with van der Waals surface area (Å²) in [5, 5.41) is 9.20. The van der Waals surface area contributed by atoms with Gasteiger partial charge >= 0.3 is 11.9 Å². The maximum Gasteiger partial charge on any atom is 0.333 e. The Hall–Kier alpha value is -1.54. The van der Waals surface area contributed by atoms with Crippen LogP contribution in [0.15, 0.2) is 0 Å². The first kappa shape index (κ1) is 14.5. The van der Waals surface area contributed by atoms with Gasteiger partial charge in [-0.05, 0) is 0 Å². The molecule has 1 heterocycles. The molecule has 0 aromatic heterocycles. The SMILES string of the molecule is O=C(CCC(=O)ON1C(=O)CCC1=S)OCCO. The van der Waals surface area contributed by atoms with Crippen molar-refractivity contribution in [3.05, 3.63) is 0 Å². The highest BCUT2D eigenvalue weighted by atomic mass is 32.1. The molecular formula is C10H13NO6S. The molecule has 0 saturated carbocycles. The van der Waals surface area contributed by atoms with Crippen LogP contribution in [-0.2, 0) is 24.0 Å². The summed E-state index contributed by atoms with van der Waals surface area (Å²) in [5.41, 5.74) is 0. The Bertz CT molecular complexity index is 353. The zero-order chi connectivity index (χ0) is 13.5. The number of hydroxylamine groups is 2. The van der Waals surface area contributed by atoms with Crippen molar-refractivity contribution in [1.82, 2.24) is 5.06 Å². The second kappa shape index (κ2) is 7.02. The Morgan fingerprint density at radius 3 is 2.50 bits per heavy atom. The Morgan fingerprint density at radius 2 is 1.94 bits per heavy atom. The van der Waals surface area contributed by atoms with E-state index in [0.717, 1.165) is 5.06 Å². The van der Waals surface area contributed by atoms with Crippen LogP contribution in [-0.4, -0.2) is 46.2 Å². The fourth-order valence-electron chi connectivity index (χ4n) is 1.24. The lowest BCUT2D eigenvalue weighted by Crippen LogP contribution is -2.31. The van der Waals surface area contributed by atoms with Crippen LogP contribution in [0, 0.1) is 0 Å². The van der Waals surface area contributed by atoms with E-state index in [-0.39, 0.29) is 43.4 Å². The van der Waals surface area contributed by atoms with Crippen molar-refractivity contribution in [1.29, 1.82) is 0 Å². The maximum absolute atomic E-state index is 11.3. The van der Waals surface area contributed by atoms with Gasteiger partial charge in [0.25, 0.3) is 5.91 Å². The zero-order valence-corrected chi connectivity index (χ0v) is 10.4. The minimum Gasteiger partial charge on any atom is -0.463 e. The number of esters is 1. The van der Waals surface area contributed by atoms with Gasteiger partial charge < -0.3 is 14.7 Å². The predicted octanol–water partition coefficient (Wildman–Crippen LogP) is -0.290. The lowest BCUT2D eigenvalue weighted by Gasteiger charge is -2.14. The van der Waals surface area contributed by atoms with Crippen molar-refractivity contribution < 1.29 is 29.1 Å². The monoisotopic (exact) mass is 275 g/mol. The molecule has 0 radical (unpaired) electrons. The molecule has 1 saturated heterocycles. The number of ether oxygens (including phenoxy) is 1. The van der Waals surface area contributed by atoms with Gasteiger partial charge in [0, 0.05) is 12.8 Å². The number of carbonyl (C=O) groups excluding carboxylic acids is 3. The summed E-state index contributed by atoms with van der Waals surface area (Å²) in [6.45, 7) is -0.380. The van der Waals surface area contributed by atoms with E-state index in [0.29, 0.717) is 6.42 Å². The third-order valence-corrected chi connectivity index (χ3v) is 2.46. The predicted molar refractivity (Wildman–Crippen MR) is 62.0 cm³/mol. The van der Waals surface area contributed by atoms with E-state index < -0.39 is 11.9 Å². The number of amides is 1. The smallest absolute Gasteiger partial charge is 0.333 e. The number of nitrogens with zero attached hydrogens (tertiary/aromatic N) is 1. The van der Waals surface area contributed by atoms with Gasteiger partial charge in [-0.3, -0.25) is 9.59 Å². The minimum atomic E-state index is -0.728. The van der Waals surface area contributed by atoms with Crippen molar-refractivity contribution in [2.45, 2.75) is 25.7 Å². The number of aliphatic hydroxyl groups excluding tert-OH is 1. The highest BCUT2D eigenvalue weighted by Gasteiger charge is 2.29. The molecule has 0 aromatic carbocycles. The highest BCUT2D eigenvalue weighted by Crippen LogP contribution is 2.14. The van der Waals surface area contributed by atoms with E-state index in [1.54, 1.807) is 0 Å². The van der Waals surface area contributed by atoms with Gasteiger partial charge in [0.15, 0.2) is 0 Å². The fourth-order valence-corrected chi connectivity index (χ4v) is 1.48. The minimum absolute atomic E-state index is 0.109. The number of thiocarbonyl (C=S) groups is 1. The second-order valence-electron chi connectivity index (χ2n) is 3.49. The van der Waals surface area contributed by atoms with E-state index >= 15 is 0 Å². The molecule has 0 aliphatic carbocycles. The molecule has 1 N–H and O–H groups in total. The molecule has 0 atom stereocenters. The van der Waals surface area contributed by atoms with Gasteiger partial charge in [-0.1, -0.05) is 12.2 Å². The van der Waals surface area contributed by atoms with E-state index in [9.17, 15) is 14.4 Å². The molecule has 0 bridgehead atoms. The average Bonchev–Trinajstić information content (AvgIpc) is 2.65. The maximum atomic E-state index is 11.3. The molecule has 0 aromatic rings. The molecule has 0 spiro atoms. The molecule has 7 nitrogen and oxygen atoms in total. The van der Waals surface area contributed by atoms with Crippen LogP contribution in [0.3, 0.4) is 0 Å². The van der Waals surface area contributed by atoms with E-state index in [4.69, 9.17) is 22.2 Å². The standard InChI is InChI=1S/C10H13NO6S/c12-5-6-16-9(14)3-4-10(15)17-11-7(13)1-2-8(11)18/h12H,1-6H2. The van der Waals surface area contributed by atoms with Crippen LogP contribution in [0.5, 0.6) is 0 Å². The highest BCUT2D eigenvalue weighted by molar-refractivity contribution is 7.80. The Balaban J connectivity index is 2.27. The summed E-state index contributed by atoms with van der Waals surface area (Å²) < 4.78 is 4.55. The first-order valence-corrected chi connectivity index (χ1v) is 5.78. The van der Waals surface area contributed by atoms with Crippen molar-refractivity contribution >= 4 is 35.1 Å². The number of carbonyl (C=O) groups is 3. The largest absolute Gasteiger partial charge is 0.463 e. The van der Waals surface area contributed by atoms with Crippen molar-refractivity contribution in [2.75, 3.05) is 13.2 Å². The third kappa shape index (κ3) is 4.38. The van der Waals surface area contributed by atoms with E-state index in [2.05, 4.69) is 4.74 Å². The molecule has 1 amide bonds. The van der Waals surface area contributed by atoms with Crippen LogP contribution in [0.25, 0.3) is 0 Å². The Labute approximate surface area is 109 Å². The molecule has 0 unspecified atom stereocenters. The summed E-state index contributed by atoms with van der Waals surface area (Å²) in [6.07, 6.45) is 0.231. The van der Waals surface area contributed by atoms with Crippen LogP contribution >= 0.6 is 12.2 Å². The van der Waals surface area contributed by atoms with Crippen molar-refractivity contribution in [3.8, 4) is 0 Å². The quantitative estimate of drug-likeness (QED) is 0.526. The average molecular weight is 275 g/mol. The van der Waals surface area contributed by atoms with Crippen LogP contribution in [0.4, 0.5) is 0 Å². The first-order chi connectivity index (χ1) is 8.54. The molecule has 100 valence electrons. The Morgan fingerprint density at radius 1 is 1.28 bits per heavy atom. The molecule has 18 heavy (non-hydrogen) atoms.